The molecule has 2 unspecified atom stereocenters. The highest BCUT2D eigenvalue weighted by atomic mass is 35.5. The Balaban J connectivity index is 1.67. The van der Waals surface area contributed by atoms with Crippen molar-refractivity contribution < 1.29 is 4.74 Å². The van der Waals surface area contributed by atoms with E-state index >= 15 is 0 Å². The van der Waals surface area contributed by atoms with E-state index < -0.39 is 0 Å². The van der Waals surface area contributed by atoms with Gasteiger partial charge in [0, 0.05) is 13.2 Å². The molecule has 1 aliphatic heterocycles. The number of hydrogen-bond acceptors (Lipinski definition) is 1. The van der Waals surface area contributed by atoms with Gasteiger partial charge >= 0.3 is 0 Å². The van der Waals surface area contributed by atoms with E-state index in [9.17, 15) is 0 Å². The Morgan fingerprint density at radius 1 is 1.18 bits per heavy atom. The second-order valence-corrected chi connectivity index (χ2v) is 5.83. The minimum absolute atomic E-state index is 0.231. The molecule has 1 nitrogen and oxygen atoms in total. The SMILES string of the molecule is ClC1c2ccccc2CC1CC1CCOCC1. The van der Waals surface area contributed by atoms with Gasteiger partial charge in [0.2, 0.25) is 0 Å². The normalized spacial score (nSPS) is 29.2. The monoisotopic (exact) mass is 250 g/mol. The van der Waals surface area contributed by atoms with Crippen molar-refractivity contribution in [3.8, 4) is 0 Å². The number of ether oxygens (including phenoxy) is 1. The zero-order chi connectivity index (χ0) is 11.7. The Bertz CT molecular complexity index is 384. The maximum atomic E-state index is 6.60. The average Bonchev–Trinajstić information content (AvgIpc) is 2.68. The highest BCUT2D eigenvalue weighted by Crippen LogP contribution is 2.44. The lowest BCUT2D eigenvalue weighted by molar-refractivity contribution is 0.0588. The van der Waals surface area contributed by atoms with Crippen LogP contribution in [0.4, 0.5) is 0 Å². The number of hydrogen-bond donors (Lipinski definition) is 0. The summed E-state index contributed by atoms with van der Waals surface area (Å²) in [6.45, 7) is 1.88. The fraction of sp³-hybridized carbons (Fsp3) is 0.600. The van der Waals surface area contributed by atoms with Gasteiger partial charge in [-0.15, -0.1) is 11.6 Å². The van der Waals surface area contributed by atoms with E-state index in [2.05, 4.69) is 24.3 Å². The third-order valence-corrected chi connectivity index (χ3v) is 4.82. The highest BCUT2D eigenvalue weighted by molar-refractivity contribution is 6.21. The van der Waals surface area contributed by atoms with Crippen molar-refractivity contribution in [2.45, 2.75) is 31.1 Å². The molecule has 0 bridgehead atoms. The van der Waals surface area contributed by atoms with Gasteiger partial charge in [-0.25, -0.2) is 0 Å². The summed E-state index contributed by atoms with van der Waals surface area (Å²) in [5.74, 6) is 1.46. The number of halogens is 1. The van der Waals surface area contributed by atoms with Crippen LogP contribution in [0.1, 0.15) is 35.8 Å². The molecule has 0 saturated carbocycles. The zero-order valence-electron chi connectivity index (χ0n) is 10.1. The van der Waals surface area contributed by atoms with E-state index in [4.69, 9.17) is 16.3 Å². The summed E-state index contributed by atoms with van der Waals surface area (Å²) in [6, 6.07) is 8.65. The van der Waals surface area contributed by atoms with Crippen molar-refractivity contribution >= 4 is 11.6 Å². The molecule has 0 N–H and O–H groups in total. The molecule has 0 spiro atoms. The molecular weight excluding hydrogens is 232 g/mol. The van der Waals surface area contributed by atoms with Crippen LogP contribution < -0.4 is 0 Å². The smallest absolute Gasteiger partial charge is 0.0619 e. The Hall–Kier alpha value is -0.530. The number of alkyl halides is 1. The van der Waals surface area contributed by atoms with Crippen molar-refractivity contribution in [1.82, 2.24) is 0 Å². The summed E-state index contributed by atoms with van der Waals surface area (Å²) < 4.78 is 5.42. The highest BCUT2D eigenvalue weighted by Gasteiger charge is 2.32. The molecule has 1 saturated heterocycles. The maximum Gasteiger partial charge on any atom is 0.0619 e. The number of rotatable bonds is 2. The molecule has 1 heterocycles. The van der Waals surface area contributed by atoms with E-state index in [1.54, 1.807) is 0 Å². The van der Waals surface area contributed by atoms with Gasteiger partial charge in [-0.2, -0.15) is 0 Å². The van der Waals surface area contributed by atoms with Crippen LogP contribution in [0.2, 0.25) is 0 Å². The average molecular weight is 251 g/mol. The van der Waals surface area contributed by atoms with Crippen molar-refractivity contribution in [2.24, 2.45) is 11.8 Å². The first-order valence-electron chi connectivity index (χ1n) is 6.64. The minimum atomic E-state index is 0.231. The molecule has 2 heteroatoms. The van der Waals surface area contributed by atoms with Crippen LogP contribution in [-0.2, 0) is 11.2 Å². The zero-order valence-corrected chi connectivity index (χ0v) is 10.8. The predicted octanol–water partition coefficient (Wildman–Crippen LogP) is 3.96. The predicted molar refractivity (Wildman–Crippen MR) is 70.4 cm³/mol. The molecule has 1 aromatic rings. The third-order valence-electron chi connectivity index (χ3n) is 4.23. The first kappa shape index (κ1) is 11.6. The van der Waals surface area contributed by atoms with Gasteiger partial charge in [-0.05, 0) is 48.6 Å². The van der Waals surface area contributed by atoms with Crippen LogP contribution >= 0.6 is 11.6 Å². The van der Waals surface area contributed by atoms with Crippen molar-refractivity contribution in [3.05, 3.63) is 35.4 Å². The van der Waals surface area contributed by atoms with Gasteiger partial charge in [-0.3, -0.25) is 0 Å². The molecule has 2 atom stereocenters. The molecule has 1 aromatic carbocycles. The minimum Gasteiger partial charge on any atom is -0.381 e. The largest absolute Gasteiger partial charge is 0.381 e. The van der Waals surface area contributed by atoms with Gasteiger partial charge in [0.25, 0.3) is 0 Å². The summed E-state index contributed by atoms with van der Waals surface area (Å²) in [6.07, 6.45) is 4.88. The first-order valence-corrected chi connectivity index (χ1v) is 7.08. The van der Waals surface area contributed by atoms with Crippen LogP contribution in [-0.4, -0.2) is 13.2 Å². The molecule has 0 radical (unpaired) electrons. The van der Waals surface area contributed by atoms with Gasteiger partial charge in [0.15, 0.2) is 0 Å². The lowest BCUT2D eigenvalue weighted by atomic mass is 9.87. The summed E-state index contributed by atoms with van der Waals surface area (Å²) in [5.41, 5.74) is 2.83. The van der Waals surface area contributed by atoms with Gasteiger partial charge in [-0.1, -0.05) is 24.3 Å². The maximum absolute atomic E-state index is 6.60. The molecule has 0 amide bonds. The van der Waals surface area contributed by atoms with E-state index in [0.717, 1.165) is 19.1 Å². The molecule has 92 valence electrons. The van der Waals surface area contributed by atoms with Gasteiger partial charge in [0.05, 0.1) is 5.38 Å². The molecule has 17 heavy (non-hydrogen) atoms. The first-order chi connectivity index (χ1) is 8.34. The molecule has 3 rings (SSSR count). The standard InChI is InChI=1S/C15H19ClO/c16-15-13(9-11-5-7-17-8-6-11)10-12-3-1-2-4-14(12)15/h1-4,11,13,15H,5-10H2. The van der Waals surface area contributed by atoms with Crippen molar-refractivity contribution in [1.29, 1.82) is 0 Å². The van der Waals surface area contributed by atoms with Crippen LogP contribution in [0.25, 0.3) is 0 Å². The second-order valence-electron chi connectivity index (χ2n) is 5.36. The van der Waals surface area contributed by atoms with Crippen LogP contribution in [0.3, 0.4) is 0 Å². The second kappa shape index (κ2) is 4.99. The van der Waals surface area contributed by atoms with Crippen LogP contribution in [0, 0.1) is 11.8 Å². The fourth-order valence-corrected chi connectivity index (χ4v) is 3.65. The summed E-state index contributed by atoms with van der Waals surface area (Å²) in [4.78, 5) is 0. The van der Waals surface area contributed by atoms with E-state index in [-0.39, 0.29) is 5.38 Å². The quantitative estimate of drug-likeness (QED) is 0.722. The van der Waals surface area contributed by atoms with Gasteiger partial charge in [0.1, 0.15) is 0 Å². The van der Waals surface area contributed by atoms with E-state index in [0.29, 0.717) is 5.92 Å². The van der Waals surface area contributed by atoms with Crippen molar-refractivity contribution in [3.63, 3.8) is 0 Å². The topological polar surface area (TPSA) is 9.23 Å². The lowest BCUT2D eigenvalue weighted by Gasteiger charge is -2.26. The molecular formula is C15H19ClO. The van der Waals surface area contributed by atoms with E-state index in [1.807, 2.05) is 0 Å². The van der Waals surface area contributed by atoms with E-state index in [1.165, 1.54) is 36.8 Å². The van der Waals surface area contributed by atoms with Crippen LogP contribution in [0.5, 0.6) is 0 Å². The molecule has 1 fully saturated rings. The molecule has 1 aliphatic carbocycles. The van der Waals surface area contributed by atoms with Crippen LogP contribution in [0.15, 0.2) is 24.3 Å². The molecule has 0 aromatic heterocycles. The number of benzene rings is 1. The fourth-order valence-electron chi connectivity index (χ4n) is 3.24. The Labute approximate surface area is 108 Å². The summed E-state index contributed by atoms with van der Waals surface area (Å²) in [7, 11) is 0. The number of fused-ring (bicyclic) bond motifs is 1. The Kier molecular flexibility index (Phi) is 3.39. The molecule has 2 aliphatic rings. The van der Waals surface area contributed by atoms with Gasteiger partial charge < -0.3 is 4.74 Å². The third kappa shape index (κ3) is 2.36. The van der Waals surface area contributed by atoms with Crippen molar-refractivity contribution in [2.75, 3.05) is 13.2 Å². The Morgan fingerprint density at radius 2 is 1.94 bits per heavy atom. The lowest BCUT2D eigenvalue weighted by Crippen LogP contribution is -2.19. The summed E-state index contributed by atoms with van der Waals surface area (Å²) in [5, 5.41) is 0.231. The Morgan fingerprint density at radius 3 is 2.71 bits per heavy atom. The summed E-state index contributed by atoms with van der Waals surface area (Å²) >= 11 is 6.60.